The Bertz CT molecular complexity index is 329. The third kappa shape index (κ3) is 1.86. The van der Waals surface area contributed by atoms with Crippen LogP contribution in [-0.2, 0) is 0 Å². The first-order chi connectivity index (χ1) is 5.52. The van der Waals surface area contributed by atoms with E-state index in [4.69, 9.17) is 0 Å². The van der Waals surface area contributed by atoms with Gasteiger partial charge in [0.2, 0.25) is 0 Å². The summed E-state index contributed by atoms with van der Waals surface area (Å²) in [5, 5.41) is 0. The van der Waals surface area contributed by atoms with Crippen molar-refractivity contribution >= 4 is 28.4 Å². The number of rotatable bonds is 1. The average molecular weight is 274 g/mol. The van der Waals surface area contributed by atoms with Crippen molar-refractivity contribution in [2.24, 2.45) is 0 Å². The molecule has 1 rings (SSSR count). The summed E-state index contributed by atoms with van der Waals surface area (Å²) < 4.78 is 1.13. The van der Waals surface area contributed by atoms with Crippen LogP contribution < -0.4 is 0 Å². The van der Waals surface area contributed by atoms with Crippen LogP contribution in [0.25, 0.3) is 0 Å². The van der Waals surface area contributed by atoms with Gasteiger partial charge in [-0.05, 0) is 66.6 Å². The summed E-state index contributed by atoms with van der Waals surface area (Å²) in [5.41, 5.74) is 3.13. The highest BCUT2D eigenvalue weighted by atomic mass is 127. The first-order valence-electron chi connectivity index (χ1n) is 3.80. The molecule has 64 valence electrons. The van der Waals surface area contributed by atoms with Gasteiger partial charge in [-0.1, -0.05) is 0 Å². The number of hydrogen-bond donors (Lipinski definition) is 0. The van der Waals surface area contributed by atoms with Gasteiger partial charge < -0.3 is 0 Å². The van der Waals surface area contributed by atoms with E-state index < -0.39 is 0 Å². The van der Waals surface area contributed by atoms with E-state index in [0.29, 0.717) is 0 Å². The largest absolute Gasteiger partial charge is 0.295 e. The van der Waals surface area contributed by atoms with Crippen molar-refractivity contribution in [1.82, 2.24) is 0 Å². The highest BCUT2D eigenvalue weighted by Gasteiger charge is 2.06. The Morgan fingerprint density at radius 3 is 2.42 bits per heavy atom. The van der Waals surface area contributed by atoms with Gasteiger partial charge in [0.15, 0.2) is 5.78 Å². The van der Waals surface area contributed by atoms with E-state index in [-0.39, 0.29) is 5.78 Å². The van der Waals surface area contributed by atoms with Gasteiger partial charge in [-0.3, -0.25) is 4.79 Å². The monoisotopic (exact) mass is 274 g/mol. The van der Waals surface area contributed by atoms with Crippen molar-refractivity contribution in [3.8, 4) is 0 Å². The minimum Gasteiger partial charge on any atom is -0.295 e. The Kier molecular flexibility index (Phi) is 2.88. The summed E-state index contributed by atoms with van der Waals surface area (Å²) in [6.07, 6.45) is 0. The van der Waals surface area contributed by atoms with Crippen LogP contribution >= 0.6 is 22.6 Å². The zero-order valence-electron chi connectivity index (χ0n) is 7.44. The van der Waals surface area contributed by atoms with Crippen molar-refractivity contribution in [3.63, 3.8) is 0 Å². The zero-order valence-corrected chi connectivity index (χ0v) is 9.60. The minimum atomic E-state index is 0.147. The van der Waals surface area contributed by atoms with Crippen LogP contribution in [0.3, 0.4) is 0 Å². The molecule has 0 aliphatic heterocycles. The molecule has 0 saturated carbocycles. The van der Waals surface area contributed by atoms with Gasteiger partial charge in [0.25, 0.3) is 0 Å². The van der Waals surface area contributed by atoms with E-state index in [9.17, 15) is 4.79 Å². The number of carbonyl (C=O) groups excluding carboxylic acids is 1. The maximum absolute atomic E-state index is 11.2. The van der Waals surface area contributed by atoms with Crippen LogP contribution in [0.5, 0.6) is 0 Å². The quantitative estimate of drug-likeness (QED) is 0.568. The maximum atomic E-state index is 11.2. The molecule has 0 amide bonds. The smallest absolute Gasteiger partial charge is 0.160 e. The summed E-state index contributed by atoms with van der Waals surface area (Å²) in [7, 11) is 0. The van der Waals surface area contributed by atoms with Crippen LogP contribution in [-0.4, -0.2) is 5.78 Å². The van der Waals surface area contributed by atoms with Gasteiger partial charge in [-0.2, -0.15) is 0 Å². The minimum absolute atomic E-state index is 0.147. The number of benzene rings is 1. The van der Waals surface area contributed by atoms with E-state index in [1.165, 1.54) is 5.56 Å². The first kappa shape index (κ1) is 9.71. The molecular formula is C10H11IO. The summed E-state index contributed by atoms with van der Waals surface area (Å²) in [5.74, 6) is 0.147. The lowest BCUT2D eigenvalue weighted by molar-refractivity contribution is 0.101. The highest BCUT2D eigenvalue weighted by Crippen LogP contribution is 2.17. The fraction of sp³-hybridized carbons (Fsp3) is 0.300. The molecule has 0 heterocycles. The van der Waals surface area contributed by atoms with Gasteiger partial charge in [-0.15, -0.1) is 0 Å². The van der Waals surface area contributed by atoms with Crippen molar-refractivity contribution < 1.29 is 4.79 Å². The fourth-order valence-corrected chi connectivity index (χ4v) is 1.96. The summed E-state index contributed by atoms with van der Waals surface area (Å²) >= 11 is 2.23. The lowest BCUT2D eigenvalue weighted by Crippen LogP contribution is -1.98. The maximum Gasteiger partial charge on any atom is 0.160 e. The SMILES string of the molecule is CC(=O)c1cc(I)cc(C)c1C. The molecule has 0 aliphatic rings. The molecule has 0 bridgehead atoms. The molecule has 0 unspecified atom stereocenters. The normalized spacial score (nSPS) is 10.0. The van der Waals surface area contributed by atoms with Crippen molar-refractivity contribution in [2.45, 2.75) is 20.8 Å². The summed E-state index contributed by atoms with van der Waals surface area (Å²) in [4.78, 5) is 11.2. The predicted octanol–water partition coefficient (Wildman–Crippen LogP) is 3.11. The van der Waals surface area contributed by atoms with Crippen LogP contribution in [0.15, 0.2) is 12.1 Å². The van der Waals surface area contributed by atoms with Crippen molar-refractivity contribution in [1.29, 1.82) is 0 Å². The number of ketones is 1. The standard InChI is InChI=1S/C10H11IO/c1-6-4-9(11)5-10(7(6)2)8(3)12/h4-5H,1-3H3. The fourth-order valence-electron chi connectivity index (χ4n) is 1.18. The van der Waals surface area contributed by atoms with Crippen molar-refractivity contribution in [2.75, 3.05) is 0 Å². The molecule has 0 aromatic heterocycles. The Morgan fingerprint density at radius 2 is 1.92 bits per heavy atom. The molecule has 0 spiro atoms. The Balaban J connectivity index is 3.37. The van der Waals surface area contributed by atoms with E-state index in [2.05, 4.69) is 28.7 Å². The molecule has 0 atom stereocenters. The third-order valence-electron chi connectivity index (χ3n) is 2.01. The van der Waals surface area contributed by atoms with E-state index in [1.807, 2.05) is 19.9 Å². The van der Waals surface area contributed by atoms with E-state index >= 15 is 0 Å². The van der Waals surface area contributed by atoms with Crippen LogP contribution in [0.4, 0.5) is 0 Å². The van der Waals surface area contributed by atoms with Gasteiger partial charge in [0.05, 0.1) is 0 Å². The predicted molar refractivity (Wildman–Crippen MR) is 58.6 cm³/mol. The summed E-state index contributed by atoms with van der Waals surface area (Å²) in [6.45, 7) is 5.63. The van der Waals surface area contributed by atoms with Crippen molar-refractivity contribution in [3.05, 3.63) is 32.4 Å². The molecule has 0 aliphatic carbocycles. The first-order valence-corrected chi connectivity index (χ1v) is 4.88. The molecular weight excluding hydrogens is 263 g/mol. The average Bonchev–Trinajstić information content (AvgIpc) is 1.96. The molecule has 2 heteroatoms. The van der Waals surface area contributed by atoms with E-state index in [1.54, 1.807) is 6.92 Å². The van der Waals surface area contributed by atoms with Gasteiger partial charge in [0.1, 0.15) is 0 Å². The summed E-state index contributed by atoms with van der Waals surface area (Å²) in [6, 6.07) is 4.02. The van der Waals surface area contributed by atoms with Gasteiger partial charge >= 0.3 is 0 Å². The van der Waals surface area contributed by atoms with Gasteiger partial charge in [0, 0.05) is 9.13 Å². The molecule has 0 fully saturated rings. The number of Topliss-reactive ketones (excluding diaryl/α,β-unsaturated/α-hetero) is 1. The second-order valence-electron chi connectivity index (χ2n) is 2.95. The molecule has 0 saturated heterocycles. The van der Waals surface area contributed by atoms with E-state index in [0.717, 1.165) is 14.7 Å². The Hall–Kier alpha value is -0.380. The molecule has 12 heavy (non-hydrogen) atoms. The molecule has 1 nitrogen and oxygen atoms in total. The lowest BCUT2D eigenvalue weighted by atomic mass is 10.0. The number of carbonyl (C=O) groups is 1. The van der Waals surface area contributed by atoms with Crippen LogP contribution in [0.1, 0.15) is 28.4 Å². The second kappa shape index (κ2) is 3.56. The number of hydrogen-bond acceptors (Lipinski definition) is 1. The third-order valence-corrected chi connectivity index (χ3v) is 2.63. The number of aryl methyl sites for hydroxylation is 1. The Morgan fingerprint density at radius 1 is 1.33 bits per heavy atom. The van der Waals surface area contributed by atoms with Crippen LogP contribution in [0.2, 0.25) is 0 Å². The topological polar surface area (TPSA) is 17.1 Å². The highest BCUT2D eigenvalue weighted by molar-refractivity contribution is 14.1. The molecule has 0 N–H and O–H groups in total. The Labute approximate surface area is 86.3 Å². The zero-order chi connectivity index (χ0) is 9.30. The van der Waals surface area contributed by atoms with Gasteiger partial charge in [-0.25, -0.2) is 0 Å². The molecule has 1 aromatic carbocycles. The molecule has 1 aromatic rings. The van der Waals surface area contributed by atoms with Crippen LogP contribution in [0, 0.1) is 17.4 Å². The second-order valence-corrected chi connectivity index (χ2v) is 4.20. The lowest BCUT2D eigenvalue weighted by Gasteiger charge is -2.05. The molecule has 0 radical (unpaired) electrons. The number of halogens is 1.